The minimum atomic E-state index is -3.47. The lowest BCUT2D eigenvalue weighted by Crippen LogP contribution is -2.27. The lowest BCUT2D eigenvalue weighted by Gasteiger charge is -2.18. The van der Waals surface area contributed by atoms with Gasteiger partial charge in [-0.2, -0.15) is 4.31 Å². The molecule has 0 radical (unpaired) electrons. The number of hydrogen-bond acceptors (Lipinski definition) is 4. The molecular formula is C15H20N2O2S2. The van der Waals surface area contributed by atoms with E-state index in [1.54, 1.807) is 7.05 Å². The van der Waals surface area contributed by atoms with Gasteiger partial charge < -0.3 is 5.32 Å². The van der Waals surface area contributed by atoms with Gasteiger partial charge in [0.15, 0.2) is 0 Å². The summed E-state index contributed by atoms with van der Waals surface area (Å²) < 4.78 is 27.1. The van der Waals surface area contributed by atoms with E-state index >= 15 is 0 Å². The first kappa shape index (κ1) is 16.2. The van der Waals surface area contributed by atoms with E-state index in [2.05, 4.69) is 5.32 Å². The number of nitrogens with one attached hydrogen (secondary N) is 1. The molecule has 2 aromatic rings. The van der Waals surface area contributed by atoms with Crippen LogP contribution in [0.5, 0.6) is 0 Å². The molecule has 1 N–H and O–H groups in total. The molecule has 6 heteroatoms. The van der Waals surface area contributed by atoms with E-state index in [9.17, 15) is 8.42 Å². The van der Waals surface area contributed by atoms with E-state index in [0.29, 0.717) is 18.0 Å². The van der Waals surface area contributed by atoms with Gasteiger partial charge in [0, 0.05) is 25.0 Å². The van der Waals surface area contributed by atoms with Gasteiger partial charge >= 0.3 is 0 Å². The summed E-state index contributed by atoms with van der Waals surface area (Å²) in [4.78, 5) is 1.30. The average Bonchev–Trinajstić information content (AvgIpc) is 2.82. The lowest BCUT2D eigenvalue weighted by atomic mass is 10.2. The standard InChI is InChI=1S/C15H20N2O2S2/c1-12-11-20-14(9-16-2)15(12)21(18,19)17(3)10-13-7-5-4-6-8-13/h4-8,11,16H,9-10H2,1-3H3. The minimum Gasteiger partial charge on any atom is -0.315 e. The summed E-state index contributed by atoms with van der Waals surface area (Å²) in [5.74, 6) is 0. The number of thiophene rings is 1. The first-order valence-corrected chi connectivity index (χ1v) is 9.00. The van der Waals surface area contributed by atoms with Crippen LogP contribution < -0.4 is 5.32 Å². The Balaban J connectivity index is 2.31. The maximum atomic E-state index is 12.8. The average molecular weight is 324 g/mol. The highest BCUT2D eigenvalue weighted by atomic mass is 32.2. The maximum Gasteiger partial charge on any atom is 0.244 e. The van der Waals surface area contributed by atoms with Crippen LogP contribution in [0.2, 0.25) is 0 Å². The summed E-state index contributed by atoms with van der Waals surface area (Å²) in [6, 6.07) is 9.62. The molecule has 1 aromatic heterocycles. The molecule has 0 saturated carbocycles. The molecule has 0 aliphatic heterocycles. The number of rotatable bonds is 6. The van der Waals surface area contributed by atoms with Crippen LogP contribution in [-0.4, -0.2) is 26.8 Å². The zero-order valence-corrected chi connectivity index (χ0v) is 14.1. The second-order valence-electron chi connectivity index (χ2n) is 4.95. The first-order chi connectivity index (χ1) is 9.96. The van der Waals surface area contributed by atoms with Crippen LogP contribution in [0, 0.1) is 6.92 Å². The zero-order chi connectivity index (χ0) is 15.5. The molecule has 0 aliphatic carbocycles. The van der Waals surface area contributed by atoms with E-state index < -0.39 is 10.0 Å². The molecule has 4 nitrogen and oxygen atoms in total. The molecule has 0 unspecified atom stereocenters. The molecule has 0 amide bonds. The summed E-state index contributed by atoms with van der Waals surface area (Å²) in [6.45, 7) is 2.78. The molecule has 2 rings (SSSR count). The predicted octanol–water partition coefficient (Wildman–Crippen LogP) is 2.60. The van der Waals surface area contributed by atoms with Crippen molar-refractivity contribution in [3.63, 3.8) is 0 Å². The molecule has 0 aliphatic rings. The molecular weight excluding hydrogens is 304 g/mol. The Morgan fingerprint density at radius 1 is 1.24 bits per heavy atom. The Labute approximate surface area is 130 Å². The molecule has 0 spiro atoms. The van der Waals surface area contributed by atoms with Gasteiger partial charge in [0.1, 0.15) is 4.90 Å². The summed E-state index contributed by atoms with van der Waals surface area (Å²) >= 11 is 1.48. The van der Waals surface area contributed by atoms with Crippen molar-refractivity contribution in [2.75, 3.05) is 14.1 Å². The smallest absolute Gasteiger partial charge is 0.244 e. The first-order valence-electron chi connectivity index (χ1n) is 6.68. The fraction of sp³-hybridized carbons (Fsp3) is 0.333. The fourth-order valence-corrected chi connectivity index (χ4v) is 5.12. The largest absolute Gasteiger partial charge is 0.315 e. The van der Waals surface area contributed by atoms with Crippen LogP contribution in [-0.2, 0) is 23.1 Å². The van der Waals surface area contributed by atoms with E-state index in [0.717, 1.165) is 16.0 Å². The van der Waals surface area contributed by atoms with Crippen LogP contribution in [0.15, 0.2) is 40.6 Å². The Kier molecular flexibility index (Phi) is 5.16. The molecule has 114 valence electrons. The van der Waals surface area contributed by atoms with Gasteiger partial charge in [0.25, 0.3) is 0 Å². The van der Waals surface area contributed by atoms with Crippen molar-refractivity contribution < 1.29 is 8.42 Å². The number of sulfonamides is 1. The zero-order valence-electron chi connectivity index (χ0n) is 12.5. The highest BCUT2D eigenvalue weighted by molar-refractivity contribution is 7.89. The third-order valence-corrected chi connectivity index (χ3v) is 6.51. The minimum absolute atomic E-state index is 0.372. The van der Waals surface area contributed by atoms with Crippen molar-refractivity contribution in [1.29, 1.82) is 0 Å². The summed E-state index contributed by atoms with van der Waals surface area (Å²) in [6.07, 6.45) is 0. The van der Waals surface area contributed by atoms with Crippen molar-refractivity contribution in [2.24, 2.45) is 0 Å². The third kappa shape index (κ3) is 3.52. The Hall–Kier alpha value is -1.21. The summed E-state index contributed by atoms with van der Waals surface area (Å²) in [7, 11) is -0.0275. The molecule has 0 atom stereocenters. The highest BCUT2D eigenvalue weighted by Crippen LogP contribution is 2.29. The maximum absolute atomic E-state index is 12.8. The van der Waals surface area contributed by atoms with Gasteiger partial charge in [-0.05, 0) is 30.5 Å². The van der Waals surface area contributed by atoms with Gasteiger partial charge in [-0.25, -0.2) is 8.42 Å². The Morgan fingerprint density at radius 2 is 1.90 bits per heavy atom. The monoisotopic (exact) mass is 324 g/mol. The van der Waals surface area contributed by atoms with Gasteiger partial charge in [-0.3, -0.25) is 0 Å². The van der Waals surface area contributed by atoms with Crippen molar-refractivity contribution in [2.45, 2.75) is 24.9 Å². The van der Waals surface area contributed by atoms with E-state index in [4.69, 9.17) is 0 Å². The Morgan fingerprint density at radius 3 is 2.52 bits per heavy atom. The second-order valence-corrected chi connectivity index (χ2v) is 7.89. The molecule has 1 aromatic carbocycles. The van der Waals surface area contributed by atoms with Crippen LogP contribution in [0.4, 0.5) is 0 Å². The topological polar surface area (TPSA) is 49.4 Å². The highest BCUT2D eigenvalue weighted by Gasteiger charge is 2.27. The Bertz CT molecular complexity index is 694. The number of benzene rings is 1. The van der Waals surface area contributed by atoms with E-state index in [-0.39, 0.29) is 0 Å². The van der Waals surface area contributed by atoms with Crippen LogP contribution in [0.3, 0.4) is 0 Å². The predicted molar refractivity (Wildman–Crippen MR) is 86.9 cm³/mol. The number of aryl methyl sites for hydroxylation is 1. The quantitative estimate of drug-likeness (QED) is 0.888. The van der Waals surface area contributed by atoms with Crippen LogP contribution in [0.25, 0.3) is 0 Å². The van der Waals surface area contributed by atoms with Crippen LogP contribution in [0.1, 0.15) is 16.0 Å². The van der Waals surface area contributed by atoms with Crippen LogP contribution >= 0.6 is 11.3 Å². The summed E-state index contributed by atoms with van der Waals surface area (Å²) in [5, 5.41) is 4.92. The van der Waals surface area contributed by atoms with Crippen molar-refractivity contribution in [1.82, 2.24) is 9.62 Å². The van der Waals surface area contributed by atoms with Gasteiger partial charge in [0.05, 0.1) is 0 Å². The lowest BCUT2D eigenvalue weighted by molar-refractivity contribution is 0.465. The van der Waals surface area contributed by atoms with Gasteiger partial charge in [-0.15, -0.1) is 11.3 Å². The van der Waals surface area contributed by atoms with Crippen molar-refractivity contribution >= 4 is 21.4 Å². The molecule has 21 heavy (non-hydrogen) atoms. The van der Waals surface area contributed by atoms with Crippen molar-refractivity contribution in [3.8, 4) is 0 Å². The number of hydrogen-bond donors (Lipinski definition) is 1. The molecule has 0 saturated heterocycles. The molecule has 0 bridgehead atoms. The summed E-state index contributed by atoms with van der Waals surface area (Å²) in [5.41, 5.74) is 1.79. The third-order valence-electron chi connectivity index (χ3n) is 3.24. The van der Waals surface area contributed by atoms with Gasteiger partial charge in [0.2, 0.25) is 10.0 Å². The van der Waals surface area contributed by atoms with E-state index in [1.165, 1.54) is 15.6 Å². The van der Waals surface area contributed by atoms with Gasteiger partial charge in [-0.1, -0.05) is 30.3 Å². The van der Waals surface area contributed by atoms with Crippen molar-refractivity contribution in [3.05, 3.63) is 51.7 Å². The molecule has 1 heterocycles. The fourth-order valence-electron chi connectivity index (χ4n) is 2.20. The normalized spacial score (nSPS) is 12.0. The second kappa shape index (κ2) is 6.70. The van der Waals surface area contributed by atoms with E-state index in [1.807, 2.05) is 49.7 Å². The SMILES string of the molecule is CNCc1scc(C)c1S(=O)(=O)N(C)Cc1ccccc1. The molecule has 0 fully saturated rings. The number of nitrogens with zero attached hydrogens (tertiary/aromatic N) is 1.